The summed E-state index contributed by atoms with van der Waals surface area (Å²) in [5.74, 6) is -5.15. The summed E-state index contributed by atoms with van der Waals surface area (Å²) in [5.41, 5.74) is 1.03. The minimum Gasteiger partial charge on any atom is -0.458 e. The molecule has 0 bridgehead atoms. The Morgan fingerprint density at radius 2 is 1.85 bits per heavy atom. The molecular formula is C18H18F3N3O2. The fraction of sp³-hybridized carbons (Fsp3) is 0.389. The minimum absolute atomic E-state index is 0.188. The molecule has 1 unspecified atom stereocenters. The summed E-state index contributed by atoms with van der Waals surface area (Å²) in [4.78, 5) is 22.3. The average molecular weight is 365 g/mol. The maximum absolute atomic E-state index is 13.9. The molecule has 1 atom stereocenters. The second-order valence-corrected chi connectivity index (χ2v) is 6.29. The van der Waals surface area contributed by atoms with Gasteiger partial charge in [-0.25, -0.2) is 23.1 Å². The van der Waals surface area contributed by atoms with E-state index in [0.717, 1.165) is 23.5 Å². The molecule has 3 rings (SSSR count). The first kappa shape index (κ1) is 18.2. The normalized spacial score (nSPS) is 17.3. The van der Waals surface area contributed by atoms with Crippen molar-refractivity contribution in [3.05, 3.63) is 52.6 Å². The molecule has 2 heterocycles. The van der Waals surface area contributed by atoms with Gasteiger partial charge in [0.2, 0.25) is 0 Å². The van der Waals surface area contributed by atoms with E-state index in [1.165, 1.54) is 4.90 Å². The standard InChI is InChI=1S/C18H18F3N3O2/c1-10-8-11(2)23-18(22-10)26-12-4-3-7-24(9-12)17(25)13-5-6-14(19)16(21)15(13)20/h5-6,8,12H,3-4,7,9H2,1-2H3. The lowest BCUT2D eigenvalue weighted by molar-refractivity contribution is 0.0509. The summed E-state index contributed by atoms with van der Waals surface area (Å²) in [6, 6.07) is 3.73. The number of rotatable bonds is 3. The fourth-order valence-corrected chi connectivity index (χ4v) is 2.98. The van der Waals surface area contributed by atoms with Crippen molar-refractivity contribution < 1.29 is 22.7 Å². The van der Waals surface area contributed by atoms with E-state index in [2.05, 4.69) is 9.97 Å². The minimum atomic E-state index is -1.65. The number of hydrogen-bond acceptors (Lipinski definition) is 4. The van der Waals surface area contributed by atoms with Crippen molar-refractivity contribution in [3.63, 3.8) is 0 Å². The van der Waals surface area contributed by atoms with E-state index >= 15 is 0 Å². The molecule has 1 fully saturated rings. The van der Waals surface area contributed by atoms with Crippen LogP contribution in [0.25, 0.3) is 0 Å². The first-order valence-corrected chi connectivity index (χ1v) is 8.27. The number of amides is 1. The third-order valence-corrected chi connectivity index (χ3v) is 4.16. The van der Waals surface area contributed by atoms with E-state index in [1.54, 1.807) is 0 Å². The molecule has 1 amide bonds. The fourth-order valence-electron chi connectivity index (χ4n) is 2.98. The SMILES string of the molecule is Cc1cc(C)nc(OC2CCCN(C(=O)c3ccc(F)c(F)c3F)C2)n1. The van der Waals surface area contributed by atoms with Crippen LogP contribution >= 0.6 is 0 Å². The van der Waals surface area contributed by atoms with Crippen LogP contribution < -0.4 is 4.74 Å². The Hall–Kier alpha value is -2.64. The first-order chi connectivity index (χ1) is 12.3. The van der Waals surface area contributed by atoms with E-state index in [4.69, 9.17) is 4.74 Å². The zero-order valence-electron chi connectivity index (χ0n) is 14.4. The second-order valence-electron chi connectivity index (χ2n) is 6.29. The smallest absolute Gasteiger partial charge is 0.317 e. The summed E-state index contributed by atoms with van der Waals surface area (Å²) in [5, 5.41) is 0. The highest BCUT2D eigenvalue weighted by Gasteiger charge is 2.29. The number of carbonyl (C=O) groups is 1. The van der Waals surface area contributed by atoms with Gasteiger partial charge in [-0.1, -0.05) is 0 Å². The maximum atomic E-state index is 13.9. The number of halogens is 3. The number of aryl methyl sites for hydroxylation is 2. The largest absolute Gasteiger partial charge is 0.458 e. The van der Waals surface area contributed by atoms with E-state index in [-0.39, 0.29) is 18.7 Å². The zero-order valence-corrected chi connectivity index (χ0v) is 14.4. The average Bonchev–Trinajstić information content (AvgIpc) is 2.59. The monoisotopic (exact) mass is 365 g/mol. The quantitative estimate of drug-likeness (QED) is 0.784. The van der Waals surface area contributed by atoms with Crippen LogP contribution in [0.15, 0.2) is 18.2 Å². The molecule has 0 radical (unpaired) electrons. The van der Waals surface area contributed by atoms with Gasteiger partial charge >= 0.3 is 6.01 Å². The third-order valence-electron chi connectivity index (χ3n) is 4.16. The highest BCUT2D eigenvalue weighted by molar-refractivity contribution is 5.94. The van der Waals surface area contributed by atoms with Crippen molar-refractivity contribution in [1.29, 1.82) is 0 Å². The lowest BCUT2D eigenvalue weighted by Gasteiger charge is -2.32. The van der Waals surface area contributed by atoms with Crippen LogP contribution in [0.4, 0.5) is 13.2 Å². The van der Waals surface area contributed by atoms with Gasteiger partial charge in [0.15, 0.2) is 17.5 Å². The molecule has 1 aromatic heterocycles. The van der Waals surface area contributed by atoms with E-state index in [1.807, 2.05) is 19.9 Å². The number of hydrogen-bond donors (Lipinski definition) is 0. The van der Waals surface area contributed by atoms with Crippen molar-refractivity contribution >= 4 is 5.91 Å². The Morgan fingerprint density at radius 1 is 1.15 bits per heavy atom. The molecule has 1 aliphatic rings. The molecule has 0 spiro atoms. The van der Waals surface area contributed by atoms with Crippen LogP contribution in [0, 0.1) is 31.3 Å². The first-order valence-electron chi connectivity index (χ1n) is 8.27. The van der Waals surface area contributed by atoms with Crippen LogP contribution in [0.3, 0.4) is 0 Å². The van der Waals surface area contributed by atoms with Gasteiger partial charge in [-0.2, -0.15) is 0 Å². The summed E-state index contributed by atoms with van der Waals surface area (Å²) in [6.45, 7) is 4.21. The predicted molar refractivity (Wildman–Crippen MR) is 87.4 cm³/mol. The van der Waals surface area contributed by atoms with Gasteiger partial charge in [-0.3, -0.25) is 4.79 Å². The van der Waals surface area contributed by atoms with Crippen LogP contribution in [0.1, 0.15) is 34.6 Å². The summed E-state index contributed by atoms with van der Waals surface area (Å²) < 4.78 is 46.1. The van der Waals surface area contributed by atoms with Crippen LogP contribution in [-0.2, 0) is 0 Å². The molecule has 26 heavy (non-hydrogen) atoms. The maximum Gasteiger partial charge on any atom is 0.317 e. The van der Waals surface area contributed by atoms with Crippen molar-refractivity contribution in [2.24, 2.45) is 0 Å². The summed E-state index contributed by atoms with van der Waals surface area (Å²) >= 11 is 0. The Bertz CT molecular complexity index is 824. The molecule has 1 aromatic carbocycles. The molecule has 0 N–H and O–H groups in total. The zero-order chi connectivity index (χ0) is 18.8. The third kappa shape index (κ3) is 3.79. The topological polar surface area (TPSA) is 55.3 Å². The predicted octanol–water partition coefficient (Wildman–Crippen LogP) is 3.19. The molecular weight excluding hydrogens is 347 g/mol. The van der Waals surface area contributed by atoms with Crippen molar-refractivity contribution in [1.82, 2.24) is 14.9 Å². The van der Waals surface area contributed by atoms with Crippen molar-refractivity contribution in [2.75, 3.05) is 13.1 Å². The number of carbonyl (C=O) groups excluding carboxylic acids is 1. The Balaban J connectivity index is 1.74. The van der Waals surface area contributed by atoms with Crippen LogP contribution in [-0.4, -0.2) is 40.0 Å². The molecule has 1 saturated heterocycles. The van der Waals surface area contributed by atoms with E-state index < -0.39 is 28.9 Å². The van der Waals surface area contributed by atoms with Gasteiger partial charge in [-0.15, -0.1) is 0 Å². The number of likely N-dealkylation sites (tertiary alicyclic amines) is 1. The molecule has 0 aliphatic carbocycles. The molecule has 8 heteroatoms. The van der Waals surface area contributed by atoms with Gasteiger partial charge in [0, 0.05) is 17.9 Å². The Morgan fingerprint density at radius 3 is 2.54 bits per heavy atom. The van der Waals surface area contributed by atoms with Crippen molar-refractivity contribution in [2.45, 2.75) is 32.8 Å². The number of benzene rings is 1. The van der Waals surface area contributed by atoms with E-state index in [9.17, 15) is 18.0 Å². The van der Waals surface area contributed by atoms with Gasteiger partial charge in [0.1, 0.15) is 6.10 Å². The van der Waals surface area contributed by atoms with Crippen LogP contribution in [0.2, 0.25) is 0 Å². The summed E-state index contributed by atoms with van der Waals surface area (Å²) in [7, 11) is 0. The molecule has 0 saturated carbocycles. The Labute approximate surface area is 148 Å². The number of piperidine rings is 1. The van der Waals surface area contributed by atoms with Crippen molar-refractivity contribution in [3.8, 4) is 6.01 Å². The molecule has 1 aliphatic heterocycles. The highest BCUT2D eigenvalue weighted by Crippen LogP contribution is 2.21. The van der Waals surface area contributed by atoms with Gasteiger partial charge in [0.25, 0.3) is 5.91 Å². The van der Waals surface area contributed by atoms with Gasteiger partial charge in [0.05, 0.1) is 12.1 Å². The van der Waals surface area contributed by atoms with Crippen LogP contribution in [0.5, 0.6) is 6.01 Å². The molecule has 5 nitrogen and oxygen atoms in total. The number of ether oxygens (including phenoxy) is 1. The van der Waals surface area contributed by atoms with E-state index in [0.29, 0.717) is 19.4 Å². The molecule has 2 aromatic rings. The second kappa shape index (κ2) is 7.31. The Kier molecular flexibility index (Phi) is 5.11. The van der Waals surface area contributed by atoms with Gasteiger partial charge < -0.3 is 9.64 Å². The molecule has 138 valence electrons. The lowest BCUT2D eigenvalue weighted by atomic mass is 10.1. The van der Waals surface area contributed by atoms with Gasteiger partial charge in [-0.05, 0) is 44.9 Å². The highest BCUT2D eigenvalue weighted by atomic mass is 19.2. The lowest BCUT2D eigenvalue weighted by Crippen LogP contribution is -2.44. The number of aromatic nitrogens is 2. The number of nitrogens with zero attached hydrogens (tertiary/aromatic N) is 3. The summed E-state index contributed by atoms with van der Waals surface area (Å²) in [6.07, 6.45) is 0.953.